The number of rotatable bonds is 4. The number of aromatic nitrogens is 2. The van der Waals surface area contributed by atoms with Crippen LogP contribution in [0.2, 0.25) is 0 Å². The summed E-state index contributed by atoms with van der Waals surface area (Å²) < 4.78 is 0. The third kappa shape index (κ3) is 3.91. The Morgan fingerprint density at radius 1 is 1.32 bits per heavy atom. The van der Waals surface area contributed by atoms with Gasteiger partial charge >= 0.3 is 0 Å². The highest BCUT2D eigenvalue weighted by Crippen LogP contribution is 2.11. The van der Waals surface area contributed by atoms with Crippen LogP contribution in [0, 0.1) is 13.8 Å². The predicted octanol–water partition coefficient (Wildman–Crippen LogP) is 1.91. The van der Waals surface area contributed by atoms with E-state index in [0.717, 1.165) is 43.1 Å². The number of nitrogens with zero attached hydrogens (tertiary/aromatic N) is 3. The predicted molar refractivity (Wildman–Crippen MR) is 75.0 cm³/mol. The molecular weight excluding hydrogens is 240 g/mol. The van der Waals surface area contributed by atoms with Gasteiger partial charge in [-0.2, -0.15) is 0 Å². The highest BCUT2D eigenvalue weighted by Gasteiger charge is 2.15. The first-order chi connectivity index (χ1) is 9.16. The number of hydrogen-bond acceptors (Lipinski definition) is 4. The molecule has 0 aliphatic carbocycles. The Morgan fingerprint density at radius 2 is 2.05 bits per heavy atom. The summed E-state index contributed by atoms with van der Waals surface area (Å²) in [6, 6.07) is 0. The molecule has 5 nitrogen and oxygen atoms in total. The van der Waals surface area contributed by atoms with Crippen LogP contribution in [0.1, 0.15) is 37.1 Å². The average molecular weight is 262 g/mol. The van der Waals surface area contributed by atoms with Gasteiger partial charge in [-0.1, -0.05) is 0 Å². The molecule has 0 radical (unpaired) electrons. The van der Waals surface area contributed by atoms with E-state index in [-0.39, 0.29) is 5.91 Å². The van der Waals surface area contributed by atoms with E-state index in [4.69, 9.17) is 0 Å². The van der Waals surface area contributed by atoms with Gasteiger partial charge in [-0.05, 0) is 33.1 Å². The fourth-order valence-corrected chi connectivity index (χ4v) is 2.29. The van der Waals surface area contributed by atoms with Crippen molar-refractivity contribution in [2.45, 2.75) is 39.5 Å². The summed E-state index contributed by atoms with van der Waals surface area (Å²) in [7, 11) is 0. The normalized spacial score (nSPS) is 15.4. The van der Waals surface area contributed by atoms with Gasteiger partial charge in [0, 0.05) is 32.3 Å². The quantitative estimate of drug-likeness (QED) is 0.900. The van der Waals surface area contributed by atoms with Crippen molar-refractivity contribution in [1.82, 2.24) is 14.9 Å². The highest BCUT2D eigenvalue weighted by atomic mass is 16.2. The molecule has 1 aromatic heterocycles. The lowest BCUT2D eigenvalue weighted by Crippen LogP contribution is -2.36. The van der Waals surface area contributed by atoms with Crippen LogP contribution in [0.15, 0.2) is 6.20 Å². The molecule has 0 spiro atoms. The Hall–Kier alpha value is -1.65. The standard InChI is InChI=1S/C14H22N4O/c1-11-10-16-12(2)14(17-11)15-7-6-13(19)18-8-4-3-5-9-18/h10H,3-9H2,1-2H3,(H,15,17). The lowest BCUT2D eigenvalue weighted by Gasteiger charge is -2.26. The minimum absolute atomic E-state index is 0.241. The first-order valence-electron chi connectivity index (χ1n) is 6.98. The van der Waals surface area contributed by atoms with Gasteiger partial charge in [0.2, 0.25) is 5.91 Å². The summed E-state index contributed by atoms with van der Waals surface area (Å²) >= 11 is 0. The van der Waals surface area contributed by atoms with Crippen LogP contribution >= 0.6 is 0 Å². The third-order valence-electron chi connectivity index (χ3n) is 3.42. The summed E-state index contributed by atoms with van der Waals surface area (Å²) in [5.41, 5.74) is 1.76. The summed E-state index contributed by atoms with van der Waals surface area (Å²) in [6.07, 6.45) is 5.80. The van der Waals surface area contributed by atoms with Crippen molar-refractivity contribution in [3.63, 3.8) is 0 Å². The molecule has 0 saturated carbocycles. The molecule has 1 fully saturated rings. The van der Waals surface area contributed by atoms with Gasteiger partial charge in [-0.3, -0.25) is 9.78 Å². The van der Waals surface area contributed by atoms with Crippen LogP contribution < -0.4 is 5.32 Å². The van der Waals surface area contributed by atoms with Crippen molar-refractivity contribution in [2.75, 3.05) is 25.0 Å². The molecule has 5 heteroatoms. The minimum atomic E-state index is 0.241. The molecule has 0 bridgehead atoms. The fourth-order valence-electron chi connectivity index (χ4n) is 2.29. The SMILES string of the molecule is Cc1cnc(C)c(NCCC(=O)N2CCCCC2)n1. The number of hydrogen-bond donors (Lipinski definition) is 1. The molecule has 1 aromatic rings. The van der Waals surface area contributed by atoms with Crippen molar-refractivity contribution in [3.05, 3.63) is 17.6 Å². The van der Waals surface area contributed by atoms with Crippen molar-refractivity contribution < 1.29 is 4.79 Å². The maximum Gasteiger partial charge on any atom is 0.224 e. The molecule has 0 aromatic carbocycles. The van der Waals surface area contributed by atoms with Crippen molar-refractivity contribution in [2.24, 2.45) is 0 Å². The van der Waals surface area contributed by atoms with Crippen LogP contribution in [0.3, 0.4) is 0 Å². The van der Waals surface area contributed by atoms with Gasteiger partial charge in [0.15, 0.2) is 0 Å². The molecule has 2 rings (SSSR count). The van der Waals surface area contributed by atoms with E-state index in [2.05, 4.69) is 15.3 Å². The fraction of sp³-hybridized carbons (Fsp3) is 0.643. The number of piperidine rings is 1. The van der Waals surface area contributed by atoms with Gasteiger partial charge in [0.25, 0.3) is 0 Å². The first kappa shape index (κ1) is 13.8. The largest absolute Gasteiger partial charge is 0.368 e. The molecule has 0 unspecified atom stereocenters. The minimum Gasteiger partial charge on any atom is -0.368 e. The van der Waals surface area contributed by atoms with Gasteiger partial charge in [-0.25, -0.2) is 4.98 Å². The zero-order valence-corrected chi connectivity index (χ0v) is 11.8. The Morgan fingerprint density at radius 3 is 2.79 bits per heavy atom. The van der Waals surface area contributed by atoms with Crippen LogP contribution in [-0.2, 0) is 4.79 Å². The first-order valence-corrected chi connectivity index (χ1v) is 6.98. The molecule has 1 aliphatic rings. The number of carbonyl (C=O) groups is 1. The number of amides is 1. The van der Waals surface area contributed by atoms with Crippen LogP contribution in [0.5, 0.6) is 0 Å². The number of carbonyl (C=O) groups excluding carboxylic acids is 1. The van der Waals surface area contributed by atoms with Gasteiger partial charge < -0.3 is 10.2 Å². The Kier molecular flexibility index (Phi) is 4.71. The maximum absolute atomic E-state index is 12.0. The number of anilines is 1. The lowest BCUT2D eigenvalue weighted by atomic mass is 10.1. The number of nitrogens with one attached hydrogen (secondary N) is 1. The Balaban J connectivity index is 1.79. The second kappa shape index (κ2) is 6.50. The maximum atomic E-state index is 12.0. The molecule has 2 heterocycles. The van der Waals surface area contributed by atoms with E-state index >= 15 is 0 Å². The zero-order chi connectivity index (χ0) is 13.7. The van der Waals surface area contributed by atoms with E-state index in [9.17, 15) is 4.79 Å². The van der Waals surface area contributed by atoms with E-state index in [1.165, 1.54) is 6.42 Å². The zero-order valence-electron chi connectivity index (χ0n) is 11.8. The Bertz CT molecular complexity index is 441. The van der Waals surface area contributed by atoms with Gasteiger partial charge in [0.1, 0.15) is 5.82 Å². The van der Waals surface area contributed by atoms with Crippen LogP contribution in [-0.4, -0.2) is 40.4 Å². The van der Waals surface area contributed by atoms with E-state index in [1.807, 2.05) is 18.7 Å². The number of likely N-dealkylation sites (tertiary alicyclic amines) is 1. The van der Waals surface area contributed by atoms with E-state index in [1.54, 1.807) is 6.20 Å². The monoisotopic (exact) mass is 262 g/mol. The summed E-state index contributed by atoms with van der Waals surface area (Å²) in [4.78, 5) is 22.6. The molecular formula is C14H22N4O. The van der Waals surface area contributed by atoms with Crippen LogP contribution in [0.25, 0.3) is 0 Å². The molecule has 1 amide bonds. The second-order valence-electron chi connectivity index (χ2n) is 5.06. The van der Waals surface area contributed by atoms with Crippen molar-refractivity contribution >= 4 is 11.7 Å². The summed E-state index contributed by atoms with van der Waals surface area (Å²) in [6.45, 7) is 6.29. The highest BCUT2D eigenvalue weighted by molar-refractivity contribution is 5.76. The third-order valence-corrected chi connectivity index (χ3v) is 3.42. The molecule has 19 heavy (non-hydrogen) atoms. The van der Waals surface area contributed by atoms with Gasteiger partial charge in [0.05, 0.1) is 11.4 Å². The summed E-state index contributed by atoms with van der Waals surface area (Å²) in [5.74, 6) is 1.02. The molecule has 1 aliphatic heterocycles. The van der Waals surface area contributed by atoms with E-state index < -0.39 is 0 Å². The van der Waals surface area contributed by atoms with Crippen LogP contribution in [0.4, 0.5) is 5.82 Å². The van der Waals surface area contributed by atoms with E-state index in [0.29, 0.717) is 13.0 Å². The molecule has 0 atom stereocenters. The smallest absolute Gasteiger partial charge is 0.224 e. The summed E-state index contributed by atoms with van der Waals surface area (Å²) in [5, 5.41) is 3.20. The molecule has 1 N–H and O–H groups in total. The molecule has 1 saturated heterocycles. The van der Waals surface area contributed by atoms with Crippen molar-refractivity contribution in [3.8, 4) is 0 Å². The number of aryl methyl sites for hydroxylation is 2. The molecule has 104 valence electrons. The lowest BCUT2D eigenvalue weighted by molar-refractivity contribution is -0.131. The van der Waals surface area contributed by atoms with Crippen molar-refractivity contribution in [1.29, 1.82) is 0 Å². The van der Waals surface area contributed by atoms with Gasteiger partial charge in [-0.15, -0.1) is 0 Å². The topological polar surface area (TPSA) is 58.1 Å². The Labute approximate surface area is 114 Å². The second-order valence-corrected chi connectivity index (χ2v) is 5.06. The average Bonchev–Trinajstić information content (AvgIpc) is 2.43.